The van der Waals surface area contributed by atoms with E-state index in [2.05, 4.69) is 5.32 Å². The van der Waals surface area contributed by atoms with Gasteiger partial charge in [0.05, 0.1) is 10.7 Å². The van der Waals surface area contributed by atoms with Gasteiger partial charge in [-0.15, -0.1) is 0 Å². The number of ether oxygens (including phenoxy) is 1. The van der Waals surface area contributed by atoms with Gasteiger partial charge in [0, 0.05) is 0 Å². The number of amides is 1. The molecule has 0 fully saturated rings. The number of benzene rings is 1. The van der Waals surface area contributed by atoms with E-state index in [4.69, 9.17) is 16.3 Å². The van der Waals surface area contributed by atoms with Crippen molar-refractivity contribution in [2.24, 2.45) is 0 Å². The molecule has 21 heavy (non-hydrogen) atoms. The van der Waals surface area contributed by atoms with Crippen molar-refractivity contribution in [2.75, 3.05) is 5.32 Å². The molecular formula is C13H15ClF3NO3. The molecule has 0 aliphatic carbocycles. The molecule has 8 heteroatoms. The highest BCUT2D eigenvalue weighted by atomic mass is 35.5. The van der Waals surface area contributed by atoms with Gasteiger partial charge in [-0.1, -0.05) is 17.7 Å². The Bertz CT molecular complexity index is 526. The predicted octanol–water partition coefficient (Wildman–Crippen LogP) is 4.28. The number of aliphatic hydroxyl groups excluding tert-OH is 1. The van der Waals surface area contributed by atoms with Crippen molar-refractivity contribution in [3.05, 3.63) is 28.8 Å². The molecule has 0 aromatic heterocycles. The Balaban J connectivity index is 2.96. The molecule has 118 valence electrons. The maximum atomic E-state index is 12.5. The monoisotopic (exact) mass is 325 g/mol. The van der Waals surface area contributed by atoms with Gasteiger partial charge < -0.3 is 9.84 Å². The molecule has 2 N–H and O–H groups in total. The van der Waals surface area contributed by atoms with Gasteiger partial charge in [0.25, 0.3) is 0 Å². The SMILES string of the molecule is CC(C)(C)OC(=O)Nc1cc(C(O)C(F)(F)F)ccc1Cl. The molecule has 0 spiro atoms. The van der Waals surface area contributed by atoms with Gasteiger partial charge in [-0.05, 0) is 38.5 Å². The Kier molecular flexibility index (Phi) is 5.11. The maximum absolute atomic E-state index is 12.5. The molecule has 0 aliphatic heterocycles. The van der Waals surface area contributed by atoms with Crippen LogP contribution in [0.1, 0.15) is 32.4 Å². The van der Waals surface area contributed by atoms with Crippen LogP contribution in [0.3, 0.4) is 0 Å². The number of rotatable bonds is 2. The summed E-state index contributed by atoms with van der Waals surface area (Å²) in [6, 6.07) is 3.13. The number of carbonyl (C=O) groups is 1. The highest BCUT2D eigenvalue weighted by Crippen LogP contribution is 2.35. The lowest BCUT2D eigenvalue weighted by molar-refractivity contribution is -0.206. The second kappa shape index (κ2) is 6.11. The fourth-order valence-corrected chi connectivity index (χ4v) is 1.58. The van der Waals surface area contributed by atoms with E-state index < -0.39 is 29.5 Å². The average Bonchev–Trinajstić information content (AvgIpc) is 2.27. The van der Waals surface area contributed by atoms with E-state index in [1.54, 1.807) is 20.8 Å². The fourth-order valence-electron chi connectivity index (χ4n) is 1.41. The molecular weight excluding hydrogens is 311 g/mol. The van der Waals surface area contributed by atoms with Gasteiger partial charge >= 0.3 is 12.3 Å². The molecule has 0 saturated carbocycles. The summed E-state index contributed by atoms with van der Waals surface area (Å²) in [5.74, 6) is 0. The summed E-state index contributed by atoms with van der Waals surface area (Å²) in [6.45, 7) is 4.91. The molecule has 1 atom stereocenters. The van der Waals surface area contributed by atoms with Gasteiger partial charge in [0.15, 0.2) is 6.10 Å². The van der Waals surface area contributed by atoms with Crippen LogP contribution in [0, 0.1) is 0 Å². The topological polar surface area (TPSA) is 58.6 Å². The van der Waals surface area contributed by atoms with Crippen LogP contribution in [0.2, 0.25) is 5.02 Å². The van der Waals surface area contributed by atoms with Crippen molar-refractivity contribution >= 4 is 23.4 Å². The van der Waals surface area contributed by atoms with Crippen LogP contribution in [-0.4, -0.2) is 23.0 Å². The molecule has 4 nitrogen and oxygen atoms in total. The van der Waals surface area contributed by atoms with Gasteiger partial charge in [-0.3, -0.25) is 5.32 Å². The molecule has 0 radical (unpaired) electrons. The largest absolute Gasteiger partial charge is 0.444 e. The second-order valence-electron chi connectivity index (χ2n) is 5.31. The number of carbonyl (C=O) groups excluding carboxylic acids is 1. The van der Waals surface area contributed by atoms with Gasteiger partial charge in [0.2, 0.25) is 0 Å². The Morgan fingerprint density at radius 3 is 2.38 bits per heavy atom. The smallest absolute Gasteiger partial charge is 0.418 e. The van der Waals surface area contributed by atoms with Crippen LogP contribution in [0.25, 0.3) is 0 Å². The standard InChI is InChI=1S/C13H15ClF3NO3/c1-12(2,3)21-11(20)18-9-6-7(4-5-8(9)14)10(19)13(15,16)17/h4-6,10,19H,1-3H3,(H,18,20). The zero-order chi connectivity index (χ0) is 16.4. The summed E-state index contributed by atoms with van der Waals surface area (Å²) < 4.78 is 42.3. The van der Waals surface area contributed by atoms with Crippen molar-refractivity contribution < 1.29 is 27.8 Å². The van der Waals surface area contributed by atoms with Crippen LogP contribution >= 0.6 is 11.6 Å². The summed E-state index contributed by atoms with van der Waals surface area (Å²) in [6.07, 6.45) is -8.33. The third-order valence-corrected chi connectivity index (χ3v) is 2.58. The molecule has 1 aromatic rings. The van der Waals surface area contributed by atoms with Gasteiger partial charge in [0.1, 0.15) is 5.60 Å². The summed E-state index contributed by atoms with van der Waals surface area (Å²) in [7, 11) is 0. The minimum Gasteiger partial charge on any atom is -0.444 e. The lowest BCUT2D eigenvalue weighted by Gasteiger charge is -2.20. The Morgan fingerprint density at radius 1 is 1.33 bits per heavy atom. The maximum Gasteiger partial charge on any atom is 0.418 e. The Morgan fingerprint density at radius 2 is 1.90 bits per heavy atom. The molecule has 0 aliphatic rings. The minimum atomic E-state index is -4.81. The minimum absolute atomic E-state index is 0.0268. The van der Waals surface area contributed by atoms with Crippen LogP contribution < -0.4 is 5.32 Å². The Labute approximate surface area is 124 Å². The number of aliphatic hydroxyl groups is 1. The molecule has 1 rings (SSSR count). The number of anilines is 1. The highest BCUT2D eigenvalue weighted by Gasteiger charge is 2.39. The third kappa shape index (κ3) is 5.43. The van der Waals surface area contributed by atoms with E-state index in [0.29, 0.717) is 0 Å². The van der Waals surface area contributed by atoms with Crippen LogP contribution in [0.4, 0.5) is 23.7 Å². The zero-order valence-electron chi connectivity index (χ0n) is 11.6. The predicted molar refractivity (Wildman–Crippen MR) is 72.3 cm³/mol. The number of halogens is 4. The quantitative estimate of drug-likeness (QED) is 0.853. The number of alkyl halides is 3. The van der Waals surface area contributed by atoms with E-state index in [0.717, 1.165) is 18.2 Å². The van der Waals surface area contributed by atoms with E-state index in [1.807, 2.05) is 0 Å². The molecule has 0 saturated heterocycles. The highest BCUT2D eigenvalue weighted by molar-refractivity contribution is 6.33. The average molecular weight is 326 g/mol. The normalized spacial score (nSPS) is 13.7. The fraction of sp³-hybridized carbons (Fsp3) is 0.462. The summed E-state index contributed by atoms with van der Waals surface area (Å²) in [5.41, 5.74) is -1.27. The zero-order valence-corrected chi connectivity index (χ0v) is 12.3. The summed E-state index contributed by atoms with van der Waals surface area (Å²) in [4.78, 5) is 11.6. The molecule has 1 amide bonds. The van der Waals surface area contributed by atoms with Crippen molar-refractivity contribution in [3.63, 3.8) is 0 Å². The van der Waals surface area contributed by atoms with E-state index >= 15 is 0 Å². The number of hydrogen-bond donors (Lipinski definition) is 2. The van der Waals surface area contributed by atoms with E-state index in [1.165, 1.54) is 0 Å². The van der Waals surface area contributed by atoms with Crippen molar-refractivity contribution in [1.82, 2.24) is 0 Å². The van der Waals surface area contributed by atoms with E-state index in [9.17, 15) is 23.1 Å². The van der Waals surface area contributed by atoms with Crippen molar-refractivity contribution in [1.29, 1.82) is 0 Å². The van der Waals surface area contributed by atoms with E-state index in [-0.39, 0.29) is 10.7 Å². The molecule has 1 unspecified atom stereocenters. The van der Waals surface area contributed by atoms with Gasteiger partial charge in [-0.2, -0.15) is 13.2 Å². The third-order valence-electron chi connectivity index (χ3n) is 2.25. The summed E-state index contributed by atoms with van der Waals surface area (Å²) >= 11 is 5.80. The first kappa shape index (κ1) is 17.6. The molecule has 1 aromatic carbocycles. The van der Waals surface area contributed by atoms with Crippen molar-refractivity contribution in [2.45, 2.75) is 38.7 Å². The molecule has 0 heterocycles. The van der Waals surface area contributed by atoms with Crippen molar-refractivity contribution in [3.8, 4) is 0 Å². The second-order valence-corrected chi connectivity index (χ2v) is 5.72. The lowest BCUT2D eigenvalue weighted by atomic mass is 10.1. The number of nitrogens with one attached hydrogen (secondary N) is 1. The first-order valence-electron chi connectivity index (χ1n) is 5.94. The first-order chi connectivity index (χ1) is 9.40. The van der Waals surface area contributed by atoms with Crippen LogP contribution in [-0.2, 0) is 4.74 Å². The van der Waals surface area contributed by atoms with Crippen LogP contribution in [0.5, 0.6) is 0 Å². The van der Waals surface area contributed by atoms with Crippen LogP contribution in [0.15, 0.2) is 18.2 Å². The lowest BCUT2D eigenvalue weighted by Crippen LogP contribution is -2.27. The van der Waals surface area contributed by atoms with Gasteiger partial charge in [-0.25, -0.2) is 4.79 Å². The first-order valence-corrected chi connectivity index (χ1v) is 6.32. The summed E-state index contributed by atoms with van der Waals surface area (Å²) in [5, 5.41) is 11.4. The number of hydrogen-bond acceptors (Lipinski definition) is 3. The molecule has 0 bridgehead atoms. The Hall–Kier alpha value is -1.47.